The normalized spacial score (nSPS) is 20.9. The van der Waals surface area contributed by atoms with Gasteiger partial charge in [0.2, 0.25) is 5.16 Å². The molecule has 102 valence electrons. The van der Waals surface area contributed by atoms with E-state index in [4.69, 9.17) is 0 Å². The fourth-order valence-electron chi connectivity index (χ4n) is 2.19. The average Bonchev–Trinajstić information content (AvgIpc) is 3.12. The first-order valence-corrected chi connectivity index (χ1v) is 7.12. The SMILES string of the molecule is O=C1Nc2cc(Sc3nnnn3C3CC3)ccc2C1O. The number of fused-ring (bicyclic) bond motifs is 1. The molecular weight excluding hydrogens is 278 g/mol. The van der Waals surface area contributed by atoms with Crippen LogP contribution in [0.4, 0.5) is 5.69 Å². The van der Waals surface area contributed by atoms with Crippen molar-refractivity contribution in [1.82, 2.24) is 20.2 Å². The van der Waals surface area contributed by atoms with Gasteiger partial charge in [-0.05, 0) is 47.2 Å². The molecule has 4 rings (SSSR count). The number of carbonyl (C=O) groups is 1. The van der Waals surface area contributed by atoms with E-state index in [2.05, 4.69) is 20.8 Å². The van der Waals surface area contributed by atoms with Gasteiger partial charge >= 0.3 is 0 Å². The van der Waals surface area contributed by atoms with E-state index < -0.39 is 6.10 Å². The summed E-state index contributed by atoms with van der Waals surface area (Å²) in [6, 6.07) is 5.87. The van der Waals surface area contributed by atoms with Crippen LogP contribution < -0.4 is 5.32 Å². The molecule has 2 aromatic rings. The fraction of sp³-hybridized carbons (Fsp3) is 0.333. The number of hydrogen-bond donors (Lipinski definition) is 2. The third-order valence-electron chi connectivity index (χ3n) is 3.39. The number of rotatable bonds is 3. The largest absolute Gasteiger partial charge is 0.378 e. The molecule has 1 atom stereocenters. The van der Waals surface area contributed by atoms with E-state index >= 15 is 0 Å². The number of nitrogens with zero attached hydrogens (tertiary/aromatic N) is 4. The molecule has 0 bridgehead atoms. The van der Waals surface area contributed by atoms with Crippen molar-refractivity contribution in [2.75, 3.05) is 5.32 Å². The van der Waals surface area contributed by atoms with E-state index in [9.17, 15) is 9.90 Å². The minimum atomic E-state index is -1.07. The maximum atomic E-state index is 11.4. The molecule has 1 amide bonds. The number of tetrazole rings is 1. The Morgan fingerprint density at radius 3 is 3.05 bits per heavy atom. The third kappa shape index (κ3) is 1.88. The highest BCUT2D eigenvalue weighted by Crippen LogP contribution is 2.39. The van der Waals surface area contributed by atoms with Gasteiger partial charge in [0.25, 0.3) is 5.91 Å². The zero-order chi connectivity index (χ0) is 13.7. The lowest BCUT2D eigenvalue weighted by molar-refractivity contribution is -0.123. The molecule has 2 N–H and O–H groups in total. The second-order valence-corrected chi connectivity index (χ2v) is 5.92. The zero-order valence-electron chi connectivity index (χ0n) is 10.4. The second-order valence-electron chi connectivity index (χ2n) is 4.88. The Morgan fingerprint density at radius 2 is 2.25 bits per heavy atom. The molecule has 20 heavy (non-hydrogen) atoms. The van der Waals surface area contributed by atoms with Gasteiger partial charge in [-0.25, -0.2) is 4.68 Å². The Morgan fingerprint density at radius 1 is 1.40 bits per heavy atom. The van der Waals surface area contributed by atoms with Crippen molar-refractivity contribution in [2.24, 2.45) is 0 Å². The third-order valence-corrected chi connectivity index (χ3v) is 4.33. The molecule has 0 radical (unpaired) electrons. The maximum Gasteiger partial charge on any atom is 0.257 e. The van der Waals surface area contributed by atoms with Gasteiger partial charge in [0, 0.05) is 16.1 Å². The lowest BCUT2D eigenvalue weighted by Gasteiger charge is -2.05. The molecule has 1 fully saturated rings. The van der Waals surface area contributed by atoms with Crippen LogP contribution >= 0.6 is 11.8 Å². The lowest BCUT2D eigenvalue weighted by atomic mass is 10.1. The number of aromatic nitrogens is 4. The van der Waals surface area contributed by atoms with Crippen LogP contribution in [0.3, 0.4) is 0 Å². The van der Waals surface area contributed by atoms with Crippen molar-refractivity contribution in [1.29, 1.82) is 0 Å². The summed E-state index contributed by atoms with van der Waals surface area (Å²) >= 11 is 1.45. The quantitative estimate of drug-likeness (QED) is 0.880. The van der Waals surface area contributed by atoms with Crippen LogP contribution in [-0.4, -0.2) is 31.2 Å². The van der Waals surface area contributed by atoms with Crippen LogP contribution in [0.5, 0.6) is 0 Å². The molecular formula is C12H11N5O2S. The highest BCUT2D eigenvalue weighted by atomic mass is 32.2. The highest BCUT2D eigenvalue weighted by molar-refractivity contribution is 7.99. The summed E-state index contributed by atoms with van der Waals surface area (Å²) in [6.45, 7) is 0. The zero-order valence-corrected chi connectivity index (χ0v) is 11.2. The van der Waals surface area contributed by atoms with E-state index in [1.54, 1.807) is 6.07 Å². The Kier molecular flexibility index (Phi) is 2.54. The van der Waals surface area contributed by atoms with E-state index in [1.165, 1.54) is 11.8 Å². The van der Waals surface area contributed by atoms with E-state index in [0.717, 1.165) is 22.9 Å². The van der Waals surface area contributed by atoms with Crippen LogP contribution in [0.25, 0.3) is 0 Å². The summed E-state index contributed by atoms with van der Waals surface area (Å²) < 4.78 is 1.84. The molecule has 7 nitrogen and oxygen atoms in total. The summed E-state index contributed by atoms with van der Waals surface area (Å²) in [5.74, 6) is -0.384. The number of aliphatic hydroxyl groups is 1. The van der Waals surface area contributed by atoms with Crippen LogP contribution in [-0.2, 0) is 4.79 Å². The van der Waals surface area contributed by atoms with Crippen molar-refractivity contribution in [3.05, 3.63) is 23.8 Å². The van der Waals surface area contributed by atoms with Gasteiger partial charge in [0.15, 0.2) is 6.10 Å². The van der Waals surface area contributed by atoms with Crippen LogP contribution in [0.15, 0.2) is 28.3 Å². The molecule has 1 aromatic heterocycles. The highest BCUT2D eigenvalue weighted by Gasteiger charge is 2.30. The van der Waals surface area contributed by atoms with Crippen LogP contribution in [0.2, 0.25) is 0 Å². The Labute approximate surface area is 118 Å². The monoisotopic (exact) mass is 289 g/mol. The van der Waals surface area contributed by atoms with Gasteiger partial charge < -0.3 is 10.4 Å². The summed E-state index contributed by atoms with van der Waals surface area (Å²) in [5, 5.41) is 24.8. The number of benzene rings is 1. The maximum absolute atomic E-state index is 11.4. The first-order chi connectivity index (χ1) is 9.72. The van der Waals surface area contributed by atoms with Gasteiger partial charge in [-0.1, -0.05) is 6.07 Å². The summed E-state index contributed by atoms with van der Waals surface area (Å²) in [5.41, 5.74) is 1.26. The van der Waals surface area contributed by atoms with E-state index in [-0.39, 0.29) is 5.91 Å². The van der Waals surface area contributed by atoms with Gasteiger partial charge in [-0.2, -0.15) is 0 Å². The predicted octanol–water partition coefficient (Wildman–Crippen LogP) is 1.14. The molecule has 0 saturated heterocycles. The minimum absolute atomic E-state index is 0.384. The average molecular weight is 289 g/mol. The molecule has 1 aromatic carbocycles. The number of carbonyl (C=O) groups excluding carboxylic acids is 1. The minimum Gasteiger partial charge on any atom is -0.378 e. The first kappa shape index (κ1) is 11.9. The van der Waals surface area contributed by atoms with Crippen molar-refractivity contribution >= 4 is 23.4 Å². The molecule has 1 saturated carbocycles. The molecule has 2 heterocycles. The molecule has 1 unspecified atom stereocenters. The smallest absolute Gasteiger partial charge is 0.257 e. The van der Waals surface area contributed by atoms with Gasteiger partial charge in [0.05, 0.1) is 6.04 Å². The number of hydrogen-bond acceptors (Lipinski definition) is 6. The summed E-state index contributed by atoms with van der Waals surface area (Å²) in [6.07, 6.45) is 1.16. The van der Waals surface area contributed by atoms with Crippen molar-refractivity contribution < 1.29 is 9.90 Å². The molecule has 0 spiro atoms. The van der Waals surface area contributed by atoms with Gasteiger partial charge in [-0.15, -0.1) is 5.10 Å². The summed E-state index contributed by atoms with van der Waals surface area (Å²) in [4.78, 5) is 12.3. The van der Waals surface area contributed by atoms with Crippen LogP contribution in [0, 0.1) is 0 Å². The van der Waals surface area contributed by atoms with Gasteiger partial charge in [-0.3, -0.25) is 4.79 Å². The van der Waals surface area contributed by atoms with Crippen LogP contribution in [0.1, 0.15) is 30.6 Å². The van der Waals surface area contributed by atoms with E-state index in [0.29, 0.717) is 17.3 Å². The van der Waals surface area contributed by atoms with Gasteiger partial charge in [0.1, 0.15) is 0 Å². The molecule has 1 aliphatic heterocycles. The standard InChI is InChI=1S/C12H11N5O2S/c18-10-8-4-3-7(5-9(8)13-11(10)19)20-12-14-15-16-17(12)6-1-2-6/h3-6,10,18H,1-2H2,(H,13,19). The fourth-order valence-corrected chi connectivity index (χ4v) is 3.07. The second kappa shape index (κ2) is 4.29. The number of anilines is 1. The number of aliphatic hydroxyl groups excluding tert-OH is 1. The van der Waals surface area contributed by atoms with Crippen molar-refractivity contribution in [3.8, 4) is 0 Å². The van der Waals surface area contributed by atoms with E-state index in [1.807, 2.05) is 16.8 Å². The Hall–Kier alpha value is -1.93. The molecule has 1 aliphatic carbocycles. The Bertz CT molecular complexity index is 697. The van der Waals surface area contributed by atoms with Crippen molar-refractivity contribution in [3.63, 3.8) is 0 Å². The lowest BCUT2D eigenvalue weighted by Crippen LogP contribution is -2.10. The van der Waals surface area contributed by atoms with Crippen molar-refractivity contribution in [2.45, 2.75) is 35.0 Å². The predicted molar refractivity (Wildman–Crippen MR) is 70.2 cm³/mol. The molecule has 8 heteroatoms. The topological polar surface area (TPSA) is 92.9 Å². The Balaban J connectivity index is 1.62. The molecule has 2 aliphatic rings. The number of nitrogens with one attached hydrogen (secondary N) is 1. The first-order valence-electron chi connectivity index (χ1n) is 6.31. The summed E-state index contributed by atoms with van der Waals surface area (Å²) in [7, 11) is 0. The number of amides is 1.